The molecule has 23 heavy (non-hydrogen) atoms. The van der Waals surface area contributed by atoms with Crippen molar-refractivity contribution in [2.24, 2.45) is 11.8 Å². The fraction of sp³-hybridized carbons (Fsp3) is 0.750. The number of morpholine rings is 1. The van der Waals surface area contributed by atoms with Gasteiger partial charge in [-0.2, -0.15) is 0 Å². The van der Waals surface area contributed by atoms with Gasteiger partial charge in [0.25, 0.3) is 0 Å². The smallest absolute Gasteiger partial charge is 0.310 e. The molecule has 1 N–H and O–H groups in total. The molecule has 0 saturated carbocycles. The van der Waals surface area contributed by atoms with Gasteiger partial charge in [0.2, 0.25) is 5.91 Å². The molecular weight excluding hydrogens is 300 g/mol. The quantitative estimate of drug-likeness (QED) is 0.692. The van der Waals surface area contributed by atoms with E-state index in [2.05, 4.69) is 4.90 Å². The number of carboxylic acids is 1. The maximum Gasteiger partial charge on any atom is 0.310 e. The summed E-state index contributed by atoms with van der Waals surface area (Å²) in [6.45, 7) is 5.50. The highest BCUT2D eigenvalue weighted by Gasteiger charge is 2.66. The molecule has 4 atom stereocenters. The Kier molecular flexibility index (Phi) is 3.66. The predicted octanol–water partition coefficient (Wildman–Crippen LogP) is -0.425. The molecule has 4 aliphatic rings. The Hall–Kier alpha value is -1.44. The summed E-state index contributed by atoms with van der Waals surface area (Å²) in [7, 11) is 0. The number of rotatable bonds is 5. The van der Waals surface area contributed by atoms with Gasteiger partial charge in [-0.15, -0.1) is 0 Å². The fourth-order valence-corrected chi connectivity index (χ4v) is 4.36. The molecule has 4 aliphatic heterocycles. The number of ether oxygens (including phenoxy) is 2. The van der Waals surface area contributed by atoms with Crippen molar-refractivity contribution in [3.63, 3.8) is 0 Å². The summed E-state index contributed by atoms with van der Waals surface area (Å²) >= 11 is 0. The van der Waals surface area contributed by atoms with Crippen LogP contribution in [0.2, 0.25) is 0 Å². The average molecular weight is 322 g/mol. The number of aliphatic carboxylic acids is 1. The maximum absolute atomic E-state index is 12.7. The van der Waals surface area contributed by atoms with E-state index >= 15 is 0 Å². The highest BCUT2D eigenvalue weighted by Crippen LogP contribution is 2.51. The molecule has 0 radical (unpaired) electrons. The van der Waals surface area contributed by atoms with E-state index < -0.39 is 29.5 Å². The van der Waals surface area contributed by atoms with Gasteiger partial charge in [0.1, 0.15) is 11.5 Å². The lowest BCUT2D eigenvalue weighted by atomic mass is 9.77. The normalized spacial score (nSPS) is 39.2. The molecule has 0 aromatic carbocycles. The highest BCUT2D eigenvalue weighted by molar-refractivity contribution is 5.90. The second-order valence-electron chi connectivity index (χ2n) is 6.81. The molecule has 7 nitrogen and oxygen atoms in total. The van der Waals surface area contributed by atoms with Crippen molar-refractivity contribution in [3.8, 4) is 0 Å². The summed E-state index contributed by atoms with van der Waals surface area (Å²) in [6, 6.07) is 0. The third kappa shape index (κ3) is 2.38. The van der Waals surface area contributed by atoms with Crippen molar-refractivity contribution in [1.82, 2.24) is 9.80 Å². The number of carbonyl (C=O) groups is 2. The van der Waals surface area contributed by atoms with Crippen LogP contribution in [0.15, 0.2) is 12.2 Å². The summed E-state index contributed by atoms with van der Waals surface area (Å²) in [6.07, 6.45) is 4.15. The van der Waals surface area contributed by atoms with Crippen molar-refractivity contribution in [2.45, 2.75) is 18.1 Å². The standard InChI is InChI=1S/C16H22N2O5/c19-14-13-12(15(20)21)11-2-3-16(13,23-11)10-18(14)5-1-4-17-6-8-22-9-7-17/h2-3,11-13H,1,4-10H2,(H,20,21)/t11-,12+,13+,16+/m0/s1. The van der Waals surface area contributed by atoms with Crippen LogP contribution in [0.4, 0.5) is 0 Å². The Bertz CT molecular complexity index is 545. The lowest BCUT2D eigenvalue weighted by Gasteiger charge is -2.27. The number of fused-ring (bicyclic) bond motifs is 1. The molecule has 0 aromatic rings. The van der Waals surface area contributed by atoms with Crippen LogP contribution in [-0.4, -0.2) is 84.4 Å². The zero-order chi connectivity index (χ0) is 16.0. The Morgan fingerprint density at radius 3 is 2.87 bits per heavy atom. The fourth-order valence-electron chi connectivity index (χ4n) is 4.36. The molecule has 0 aliphatic carbocycles. The molecule has 4 heterocycles. The monoisotopic (exact) mass is 322 g/mol. The Labute approximate surface area is 134 Å². The number of amides is 1. The third-order valence-corrected chi connectivity index (χ3v) is 5.47. The highest BCUT2D eigenvalue weighted by atomic mass is 16.5. The van der Waals surface area contributed by atoms with Gasteiger partial charge < -0.3 is 19.5 Å². The average Bonchev–Trinajstić information content (AvgIpc) is 3.17. The molecule has 4 rings (SSSR count). The Morgan fingerprint density at radius 2 is 2.13 bits per heavy atom. The van der Waals surface area contributed by atoms with E-state index in [0.29, 0.717) is 13.1 Å². The first kappa shape index (κ1) is 15.1. The molecule has 2 bridgehead atoms. The Balaban J connectivity index is 1.38. The molecule has 0 aromatic heterocycles. The van der Waals surface area contributed by atoms with Gasteiger partial charge >= 0.3 is 5.97 Å². The van der Waals surface area contributed by atoms with Crippen LogP contribution in [0.3, 0.4) is 0 Å². The number of likely N-dealkylation sites (tertiary alicyclic amines) is 1. The van der Waals surface area contributed by atoms with Crippen LogP contribution in [0.5, 0.6) is 0 Å². The van der Waals surface area contributed by atoms with Gasteiger partial charge in [-0.05, 0) is 6.42 Å². The second kappa shape index (κ2) is 5.58. The van der Waals surface area contributed by atoms with Crippen molar-refractivity contribution >= 4 is 11.9 Å². The topological polar surface area (TPSA) is 79.3 Å². The molecule has 126 valence electrons. The molecule has 0 unspecified atom stereocenters. The number of hydrogen-bond acceptors (Lipinski definition) is 5. The third-order valence-electron chi connectivity index (χ3n) is 5.47. The van der Waals surface area contributed by atoms with Gasteiger partial charge in [0, 0.05) is 26.2 Å². The van der Waals surface area contributed by atoms with Crippen LogP contribution < -0.4 is 0 Å². The lowest BCUT2D eigenvalue weighted by Crippen LogP contribution is -2.40. The minimum Gasteiger partial charge on any atom is -0.481 e. The van der Waals surface area contributed by atoms with E-state index in [1.54, 1.807) is 11.0 Å². The molecular formula is C16H22N2O5. The van der Waals surface area contributed by atoms with Crippen LogP contribution in [0.1, 0.15) is 6.42 Å². The minimum atomic E-state index is -0.935. The predicted molar refractivity (Wildman–Crippen MR) is 79.8 cm³/mol. The van der Waals surface area contributed by atoms with Gasteiger partial charge in [-0.1, -0.05) is 12.2 Å². The van der Waals surface area contributed by atoms with E-state index in [-0.39, 0.29) is 5.91 Å². The van der Waals surface area contributed by atoms with E-state index in [1.165, 1.54) is 0 Å². The first-order chi connectivity index (χ1) is 11.1. The summed E-state index contributed by atoms with van der Waals surface area (Å²) in [4.78, 5) is 28.3. The zero-order valence-corrected chi connectivity index (χ0v) is 13.0. The van der Waals surface area contributed by atoms with Gasteiger partial charge in [-0.3, -0.25) is 14.5 Å². The first-order valence-electron chi connectivity index (χ1n) is 8.30. The van der Waals surface area contributed by atoms with E-state index in [9.17, 15) is 14.7 Å². The molecule has 7 heteroatoms. The molecule has 1 amide bonds. The summed E-state index contributed by atoms with van der Waals surface area (Å²) in [5, 5.41) is 9.43. The minimum absolute atomic E-state index is 0.0637. The van der Waals surface area contributed by atoms with Crippen LogP contribution in [-0.2, 0) is 19.1 Å². The number of hydrogen-bond donors (Lipinski definition) is 1. The van der Waals surface area contributed by atoms with E-state index in [1.807, 2.05) is 6.08 Å². The van der Waals surface area contributed by atoms with Gasteiger partial charge in [0.15, 0.2) is 0 Å². The largest absolute Gasteiger partial charge is 0.481 e. The summed E-state index contributed by atoms with van der Waals surface area (Å²) < 4.78 is 11.2. The van der Waals surface area contributed by atoms with E-state index in [4.69, 9.17) is 9.47 Å². The Morgan fingerprint density at radius 1 is 1.35 bits per heavy atom. The number of carbonyl (C=O) groups excluding carboxylic acids is 1. The van der Waals surface area contributed by atoms with Crippen molar-refractivity contribution < 1.29 is 24.2 Å². The first-order valence-corrected chi connectivity index (χ1v) is 8.30. The second-order valence-corrected chi connectivity index (χ2v) is 6.81. The number of carboxylic acid groups (broad SMARTS) is 1. The van der Waals surface area contributed by atoms with Gasteiger partial charge in [0.05, 0.1) is 31.8 Å². The SMILES string of the molecule is O=C(O)[C@@H]1[C@@H]2C=C[C@]3(CN(CCCN4CCOCC4)C(=O)[C@@H]13)O2. The maximum atomic E-state index is 12.7. The van der Waals surface area contributed by atoms with Crippen LogP contribution in [0.25, 0.3) is 0 Å². The van der Waals surface area contributed by atoms with Crippen molar-refractivity contribution in [1.29, 1.82) is 0 Å². The van der Waals surface area contributed by atoms with Crippen LogP contribution >= 0.6 is 0 Å². The molecule has 3 fully saturated rings. The molecule has 1 spiro atoms. The van der Waals surface area contributed by atoms with E-state index in [0.717, 1.165) is 39.3 Å². The number of nitrogens with zero attached hydrogens (tertiary/aromatic N) is 2. The van der Waals surface area contributed by atoms with Crippen molar-refractivity contribution in [3.05, 3.63) is 12.2 Å². The zero-order valence-electron chi connectivity index (χ0n) is 13.0. The van der Waals surface area contributed by atoms with Crippen LogP contribution in [0, 0.1) is 11.8 Å². The summed E-state index contributed by atoms with van der Waals surface area (Å²) in [5.74, 6) is -2.30. The lowest BCUT2D eigenvalue weighted by molar-refractivity contribution is -0.148. The molecule has 3 saturated heterocycles. The van der Waals surface area contributed by atoms with Gasteiger partial charge in [-0.25, -0.2) is 0 Å². The summed E-state index contributed by atoms with van der Waals surface area (Å²) in [5.41, 5.74) is -0.705. The van der Waals surface area contributed by atoms with Crippen molar-refractivity contribution in [2.75, 3.05) is 45.9 Å².